The number of hydrogen-bond donors (Lipinski definition) is 0. The lowest BCUT2D eigenvalue weighted by molar-refractivity contribution is 0.0532. The van der Waals surface area contributed by atoms with Crippen LogP contribution in [0.25, 0.3) is 0 Å². The van der Waals surface area contributed by atoms with Gasteiger partial charge in [-0.05, 0) is 12.8 Å². The highest BCUT2D eigenvalue weighted by molar-refractivity contribution is 5.59. The first-order chi connectivity index (χ1) is 7.81. The van der Waals surface area contributed by atoms with Crippen LogP contribution in [0, 0.1) is 0 Å². The molecule has 0 aromatic carbocycles. The van der Waals surface area contributed by atoms with Crippen molar-refractivity contribution >= 4 is 6.16 Å². The van der Waals surface area contributed by atoms with Gasteiger partial charge in [-0.1, -0.05) is 52.4 Å². The molecule has 3 heteroatoms. The molecule has 0 aliphatic carbocycles. The Bertz CT molecular complexity index is 157. The Kier molecular flexibility index (Phi) is 11.8. The second kappa shape index (κ2) is 12.3. The predicted octanol–water partition coefficient (Wildman–Crippen LogP) is 4.30. The van der Waals surface area contributed by atoms with Crippen molar-refractivity contribution < 1.29 is 14.3 Å². The third-order valence-corrected chi connectivity index (χ3v) is 2.44. The van der Waals surface area contributed by atoms with Gasteiger partial charge < -0.3 is 9.47 Å². The van der Waals surface area contributed by atoms with Gasteiger partial charge in [0.2, 0.25) is 0 Å². The molecule has 0 heterocycles. The average molecular weight is 230 g/mol. The van der Waals surface area contributed by atoms with Crippen molar-refractivity contribution in [1.29, 1.82) is 0 Å². The quantitative estimate of drug-likeness (QED) is 0.414. The molecule has 0 radical (unpaired) electrons. The Morgan fingerprint density at radius 2 is 1.25 bits per heavy atom. The zero-order valence-corrected chi connectivity index (χ0v) is 10.8. The van der Waals surface area contributed by atoms with E-state index in [1.54, 1.807) is 0 Å². The number of unbranched alkanes of at least 4 members (excludes halogenated alkanes) is 6. The Labute approximate surface area is 99.5 Å². The molecule has 0 unspecified atom stereocenters. The molecule has 0 atom stereocenters. The summed E-state index contributed by atoms with van der Waals surface area (Å²) in [6.45, 7) is 5.24. The Morgan fingerprint density at radius 1 is 0.750 bits per heavy atom. The van der Waals surface area contributed by atoms with Crippen molar-refractivity contribution in [3.8, 4) is 0 Å². The molecule has 16 heavy (non-hydrogen) atoms. The molecule has 0 aromatic rings. The number of hydrogen-bond acceptors (Lipinski definition) is 3. The summed E-state index contributed by atoms with van der Waals surface area (Å²) in [5.41, 5.74) is 0. The molecular weight excluding hydrogens is 204 g/mol. The highest BCUT2D eigenvalue weighted by Gasteiger charge is 2.01. The molecule has 0 aliphatic rings. The zero-order valence-electron chi connectivity index (χ0n) is 10.8. The summed E-state index contributed by atoms with van der Waals surface area (Å²) >= 11 is 0. The highest BCUT2D eigenvalue weighted by Crippen LogP contribution is 2.05. The third-order valence-electron chi connectivity index (χ3n) is 2.44. The summed E-state index contributed by atoms with van der Waals surface area (Å²) in [7, 11) is 0. The van der Waals surface area contributed by atoms with E-state index in [2.05, 4.69) is 13.8 Å². The summed E-state index contributed by atoms with van der Waals surface area (Å²) in [6, 6.07) is 0. The van der Waals surface area contributed by atoms with Crippen LogP contribution in [0.4, 0.5) is 4.79 Å². The van der Waals surface area contributed by atoms with Gasteiger partial charge in [-0.2, -0.15) is 0 Å². The molecule has 0 N–H and O–H groups in total. The molecule has 0 aliphatic heterocycles. The van der Waals surface area contributed by atoms with E-state index < -0.39 is 6.16 Å². The molecule has 0 bridgehead atoms. The van der Waals surface area contributed by atoms with Crippen molar-refractivity contribution in [3.05, 3.63) is 0 Å². The maximum Gasteiger partial charge on any atom is 0.508 e. The van der Waals surface area contributed by atoms with Crippen LogP contribution in [0.3, 0.4) is 0 Å². The topological polar surface area (TPSA) is 35.5 Å². The van der Waals surface area contributed by atoms with E-state index in [9.17, 15) is 4.79 Å². The van der Waals surface area contributed by atoms with E-state index in [0.717, 1.165) is 25.7 Å². The van der Waals surface area contributed by atoms with Gasteiger partial charge in [0.1, 0.15) is 0 Å². The molecule has 3 nitrogen and oxygen atoms in total. The number of carbonyl (C=O) groups is 1. The van der Waals surface area contributed by atoms with Crippen LogP contribution in [0.15, 0.2) is 0 Å². The van der Waals surface area contributed by atoms with Crippen LogP contribution in [0.2, 0.25) is 0 Å². The minimum absolute atomic E-state index is 0.478. The van der Waals surface area contributed by atoms with Crippen molar-refractivity contribution in [2.45, 2.75) is 65.2 Å². The van der Waals surface area contributed by atoms with E-state index in [1.807, 2.05) is 0 Å². The summed E-state index contributed by atoms with van der Waals surface area (Å²) in [6.07, 6.45) is 8.62. The first-order valence-electron chi connectivity index (χ1n) is 6.60. The lowest BCUT2D eigenvalue weighted by Crippen LogP contribution is -2.09. The summed E-state index contributed by atoms with van der Waals surface area (Å²) in [5, 5.41) is 0. The molecule has 0 saturated carbocycles. The fourth-order valence-electron chi connectivity index (χ4n) is 1.38. The summed E-state index contributed by atoms with van der Waals surface area (Å²) in [4.78, 5) is 11.0. The molecule has 96 valence electrons. The minimum atomic E-state index is -0.512. The van der Waals surface area contributed by atoms with E-state index in [0.29, 0.717) is 13.2 Å². The van der Waals surface area contributed by atoms with E-state index in [-0.39, 0.29) is 0 Å². The van der Waals surface area contributed by atoms with E-state index in [4.69, 9.17) is 9.47 Å². The minimum Gasteiger partial charge on any atom is -0.434 e. The maximum absolute atomic E-state index is 11.0. The fourth-order valence-corrected chi connectivity index (χ4v) is 1.38. The second-order valence-corrected chi connectivity index (χ2v) is 4.07. The van der Waals surface area contributed by atoms with Gasteiger partial charge in [0, 0.05) is 0 Å². The second-order valence-electron chi connectivity index (χ2n) is 4.07. The van der Waals surface area contributed by atoms with Crippen LogP contribution in [-0.2, 0) is 9.47 Å². The van der Waals surface area contributed by atoms with Gasteiger partial charge in [-0.15, -0.1) is 0 Å². The maximum atomic E-state index is 11.0. The third kappa shape index (κ3) is 11.3. The van der Waals surface area contributed by atoms with Crippen LogP contribution in [-0.4, -0.2) is 19.4 Å². The molecule has 0 aromatic heterocycles. The summed E-state index contributed by atoms with van der Waals surface area (Å²) < 4.78 is 9.80. The largest absolute Gasteiger partial charge is 0.508 e. The van der Waals surface area contributed by atoms with Gasteiger partial charge >= 0.3 is 6.16 Å². The number of rotatable bonds is 10. The summed E-state index contributed by atoms with van der Waals surface area (Å²) in [5.74, 6) is 0. The number of carbonyl (C=O) groups excluding carboxylic acids is 1. The van der Waals surface area contributed by atoms with Crippen molar-refractivity contribution in [2.75, 3.05) is 13.2 Å². The van der Waals surface area contributed by atoms with E-state index >= 15 is 0 Å². The van der Waals surface area contributed by atoms with Crippen LogP contribution >= 0.6 is 0 Å². The molecular formula is C13H26O3. The van der Waals surface area contributed by atoms with Crippen LogP contribution in [0.1, 0.15) is 65.2 Å². The van der Waals surface area contributed by atoms with Gasteiger partial charge in [0.25, 0.3) is 0 Å². The predicted molar refractivity (Wildman–Crippen MR) is 65.6 cm³/mol. The van der Waals surface area contributed by atoms with Crippen molar-refractivity contribution in [1.82, 2.24) is 0 Å². The van der Waals surface area contributed by atoms with Crippen LogP contribution < -0.4 is 0 Å². The number of ether oxygens (including phenoxy) is 2. The smallest absolute Gasteiger partial charge is 0.434 e. The Morgan fingerprint density at radius 3 is 1.88 bits per heavy atom. The highest BCUT2D eigenvalue weighted by atomic mass is 16.7. The average Bonchev–Trinajstić information content (AvgIpc) is 2.28. The molecule has 0 saturated heterocycles. The van der Waals surface area contributed by atoms with Gasteiger partial charge in [-0.25, -0.2) is 4.79 Å². The zero-order chi connectivity index (χ0) is 12.1. The fraction of sp³-hybridized carbons (Fsp3) is 0.923. The van der Waals surface area contributed by atoms with Gasteiger partial charge in [0.05, 0.1) is 13.2 Å². The first-order valence-corrected chi connectivity index (χ1v) is 6.60. The normalized spacial score (nSPS) is 10.1. The van der Waals surface area contributed by atoms with E-state index in [1.165, 1.54) is 25.7 Å². The molecule has 0 rings (SSSR count). The van der Waals surface area contributed by atoms with Gasteiger partial charge in [0.15, 0.2) is 0 Å². The lowest BCUT2D eigenvalue weighted by Gasteiger charge is -2.05. The van der Waals surface area contributed by atoms with Gasteiger partial charge in [-0.3, -0.25) is 0 Å². The lowest BCUT2D eigenvalue weighted by atomic mass is 10.1. The monoisotopic (exact) mass is 230 g/mol. The first kappa shape index (κ1) is 15.3. The standard InChI is InChI=1S/C13H26O3/c1-3-5-7-8-9-10-12-16-13(14)15-11-6-4-2/h3-12H2,1-2H3. The van der Waals surface area contributed by atoms with Crippen molar-refractivity contribution in [3.63, 3.8) is 0 Å². The molecule has 0 fully saturated rings. The molecule has 0 spiro atoms. The Balaban J connectivity index is 3.09. The Hall–Kier alpha value is -0.730. The van der Waals surface area contributed by atoms with Crippen LogP contribution in [0.5, 0.6) is 0 Å². The molecule has 0 amide bonds. The SMILES string of the molecule is CCCCCCCCOC(=O)OCCCC. The van der Waals surface area contributed by atoms with Crippen molar-refractivity contribution in [2.24, 2.45) is 0 Å².